The third-order valence-corrected chi connectivity index (χ3v) is 3.15. The number of hydrogen-bond acceptors (Lipinski definition) is 5. The Kier molecular flexibility index (Phi) is 5.11. The van der Waals surface area contributed by atoms with Gasteiger partial charge in [0, 0.05) is 6.54 Å². The van der Waals surface area contributed by atoms with Crippen LogP contribution in [-0.2, 0) is 6.54 Å². The van der Waals surface area contributed by atoms with Gasteiger partial charge < -0.3 is 10.1 Å². The Labute approximate surface area is 111 Å². The molecule has 1 N–H and O–H groups in total. The first-order valence-electron chi connectivity index (χ1n) is 6.02. The van der Waals surface area contributed by atoms with Crippen molar-refractivity contribution in [3.8, 4) is 5.19 Å². The fraction of sp³-hybridized carbons (Fsp3) is 0.385. The van der Waals surface area contributed by atoms with Crippen molar-refractivity contribution in [2.45, 2.75) is 19.9 Å². The minimum absolute atomic E-state index is 0.663. The quantitative estimate of drug-likeness (QED) is 0.779. The van der Waals surface area contributed by atoms with Gasteiger partial charge >= 0.3 is 0 Å². The largest absolute Gasteiger partial charge is 0.469 e. The monoisotopic (exact) mass is 263 g/mol. The zero-order chi connectivity index (χ0) is 12.6. The number of benzene rings is 1. The van der Waals surface area contributed by atoms with Gasteiger partial charge in [-0.2, -0.15) is 0 Å². The predicted octanol–water partition coefficient (Wildman–Crippen LogP) is 2.41. The second-order valence-corrected chi connectivity index (χ2v) is 5.10. The summed E-state index contributed by atoms with van der Waals surface area (Å²) in [5, 5.41) is 12.8. The molecule has 18 heavy (non-hydrogen) atoms. The minimum atomic E-state index is 0.663. The van der Waals surface area contributed by atoms with Gasteiger partial charge in [-0.1, -0.05) is 41.7 Å². The minimum Gasteiger partial charge on any atom is -0.469 e. The van der Waals surface area contributed by atoms with Crippen molar-refractivity contribution in [2.24, 2.45) is 0 Å². The maximum atomic E-state index is 5.48. The van der Waals surface area contributed by atoms with Crippen LogP contribution in [0, 0.1) is 6.92 Å². The molecule has 0 saturated heterocycles. The molecule has 1 aromatic carbocycles. The fourth-order valence-electron chi connectivity index (χ4n) is 1.52. The molecule has 96 valence electrons. The van der Waals surface area contributed by atoms with Crippen molar-refractivity contribution in [1.29, 1.82) is 0 Å². The summed E-state index contributed by atoms with van der Waals surface area (Å²) in [4.78, 5) is 0. The van der Waals surface area contributed by atoms with Crippen LogP contribution >= 0.6 is 11.3 Å². The first-order valence-corrected chi connectivity index (χ1v) is 6.84. The molecule has 0 aliphatic heterocycles. The van der Waals surface area contributed by atoms with E-state index in [1.54, 1.807) is 0 Å². The summed E-state index contributed by atoms with van der Waals surface area (Å²) in [5.74, 6) is 0. The van der Waals surface area contributed by atoms with Gasteiger partial charge in [-0.05, 0) is 25.5 Å². The molecule has 0 aliphatic rings. The Morgan fingerprint density at radius 2 is 2.06 bits per heavy atom. The highest BCUT2D eigenvalue weighted by Crippen LogP contribution is 2.16. The molecule has 0 radical (unpaired) electrons. The van der Waals surface area contributed by atoms with E-state index < -0.39 is 0 Å². The van der Waals surface area contributed by atoms with Crippen molar-refractivity contribution < 1.29 is 4.74 Å². The molecule has 0 saturated carbocycles. The lowest BCUT2D eigenvalue weighted by Gasteiger charge is -2.05. The van der Waals surface area contributed by atoms with E-state index in [0.29, 0.717) is 11.8 Å². The van der Waals surface area contributed by atoms with Crippen LogP contribution in [0.1, 0.15) is 17.0 Å². The summed E-state index contributed by atoms with van der Waals surface area (Å²) >= 11 is 1.48. The maximum Gasteiger partial charge on any atom is 0.294 e. The Balaban J connectivity index is 1.54. The average Bonchev–Trinajstić information content (AvgIpc) is 2.81. The van der Waals surface area contributed by atoms with Crippen molar-refractivity contribution >= 4 is 11.3 Å². The molecule has 0 fully saturated rings. The number of nitrogens with one attached hydrogen (secondary N) is 1. The summed E-state index contributed by atoms with van der Waals surface area (Å²) in [7, 11) is 0. The van der Waals surface area contributed by atoms with Crippen LogP contribution in [0.15, 0.2) is 30.3 Å². The summed E-state index contributed by atoms with van der Waals surface area (Å²) in [6.07, 6.45) is 0.964. The number of rotatable bonds is 7. The lowest BCUT2D eigenvalue weighted by molar-refractivity contribution is 0.304. The first kappa shape index (κ1) is 13.0. The molecule has 5 heteroatoms. The van der Waals surface area contributed by atoms with Gasteiger partial charge in [-0.15, -0.1) is 10.2 Å². The van der Waals surface area contributed by atoms with E-state index in [4.69, 9.17) is 4.74 Å². The summed E-state index contributed by atoms with van der Waals surface area (Å²) < 4.78 is 5.48. The molecule has 0 unspecified atom stereocenters. The topological polar surface area (TPSA) is 47.0 Å². The van der Waals surface area contributed by atoms with Gasteiger partial charge in [0.25, 0.3) is 5.19 Å². The summed E-state index contributed by atoms with van der Waals surface area (Å²) in [6, 6.07) is 10.4. The van der Waals surface area contributed by atoms with E-state index in [0.717, 1.165) is 24.5 Å². The molecule has 2 aromatic rings. The average molecular weight is 263 g/mol. The van der Waals surface area contributed by atoms with E-state index in [9.17, 15) is 0 Å². The second kappa shape index (κ2) is 7.08. The number of nitrogens with zero attached hydrogens (tertiary/aromatic N) is 2. The molecule has 4 nitrogen and oxygen atoms in total. The van der Waals surface area contributed by atoms with E-state index in [1.807, 2.05) is 13.0 Å². The molecular formula is C13H17N3OS. The van der Waals surface area contributed by atoms with Gasteiger partial charge in [0.2, 0.25) is 0 Å². The fourth-order valence-corrected chi connectivity index (χ4v) is 2.08. The van der Waals surface area contributed by atoms with Gasteiger partial charge in [0.15, 0.2) is 0 Å². The Morgan fingerprint density at radius 1 is 1.22 bits per heavy atom. The first-order chi connectivity index (χ1) is 8.84. The van der Waals surface area contributed by atoms with E-state index >= 15 is 0 Å². The Hall–Kier alpha value is -1.46. The van der Waals surface area contributed by atoms with Crippen LogP contribution in [0.2, 0.25) is 0 Å². The normalized spacial score (nSPS) is 10.5. The van der Waals surface area contributed by atoms with Crippen LogP contribution in [0.25, 0.3) is 0 Å². The SMILES string of the molecule is Cc1nnc(OCCCNCc2ccccc2)s1. The van der Waals surface area contributed by atoms with Crippen LogP contribution in [0.3, 0.4) is 0 Å². The Bertz CT molecular complexity index is 458. The van der Waals surface area contributed by atoms with Crippen LogP contribution in [0.4, 0.5) is 0 Å². The van der Waals surface area contributed by atoms with Crippen LogP contribution < -0.4 is 10.1 Å². The third kappa shape index (κ3) is 4.43. The van der Waals surface area contributed by atoms with E-state index in [1.165, 1.54) is 16.9 Å². The van der Waals surface area contributed by atoms with Gasteiger partial charge in [-0.25, -0.2) is 0 Å². The molecule has 0 bridgehead atoms. The van der Waals surface area contributed by atoms with Crippen LogP contribution in [0.5, 0.6) is 5.19 Å². The molecule has 0 amide bonds. The van der Waals surface area contributed by atoms with Gasteiger partial charge in [-0.3, -0.25) is 0 Å². The molecule has 2 rings (SSSR count). The zero-order valence-electron chi connectivity index (χ0n) is 10.4. The molecule has 1 aromatic heterocycles. The molecule has 1 heterocycles. The maximum absolute atomic E-state index is 5.48. The van der Waals surface area contributed by atoms with Crippen molar-refractivity contribution in [3.05, 3.63) is 40.9 Å². The summed E-state index contributed by atoms with van der Waals surface area (Å²) in [6.45, 7) is 4.44. The molecule has 0 atom stereocenters. The number of aromatic nitrogens is 2. The Morgan fingerprint density at radius 3 is 2.78 bits per heavy atom. The molecule has 0 spiro atoms. The third-order valence-electron chi connectivity index (χ3n) is 2.40. The molecular weight excluding hydrogens is 246 g/mol. The number of ether oxygens (including phenoxy) is 1. The lowest BCUT2D eigenvalue weighted by atomic mass is 10.2. The molecule has 0 aliphatic carbocycles. The van der Waals surface area contributed by atoms with Crippen molar-refractivity contribution in [3.63, 3.8) is 0 Å². The van der Waals surface area contributed by atoms with E-state index in [-0.39, 0.29) is 0 Å². The van der Waals surface area contributed by atoms with Crippen LogP contribution in [-0.4, -0.2) is 23.3 Å². The van der Waals surface area contributed by atoms with Gasteiger partial charge in [0.05, 0.1) is 6.61 Å². The smallest absolute Gasteiger partial charge is 0.294 e. The van der Waals surface area contributed by atoms with Crippen molar-refractivity contribution in [1.82, 2.24) is 15.5 Å². The van der Waals surface area contributed by atoms with E-state index in [2.05, 4.69) is 39.8 Å². The van der Waals surface area contributed by atoms with Gasteiger partial charge in [0.1, 0.15) is 5.01 Å². The second-order valence-electron chi connectivity index (χ2n) is 3.95. The number of hydrogen-bond donors (Lipinski definition) is 1. The highest BCUT2D eigenvalue weighted by atomic mass is 32.1. The summed E-state index contributed by atoms with van der Waals surface area (Å²) in [5.41, 5.74) is 1.30. The predicted molar refractivity (Wildman–Crippen MR) is 72.9 cm³/mol. The number of aryl methyl sites for hydroxylation is 1. The zero-order valence-corrected chi connectivity index (χ0v) is 11.2. The highest BCUT2D eigenvalue weighted by Gasteiger charge is 2.00. The van der Waals surface area contributed by atoms with Crippen molar-refractivity contribution in [2.75, 3.05) is 13.2 Å². The lowest BCUT2D eigenvalue weighted by Crippen LogP contribution is -2.16. The highest BCUT2D eigenvalue weighted by molar-refractivity contribution is 7.12. The standard InChI is InChI=1S/C13H17N3OS/c1-11-15-16-13(18-11)17-9-5-8-14-10-12-6-3-2-4-7-12/h2-4,6-7,14H,5,8-10H2,1H3.